The zero-order chi connectivity index (χ0) is 13.7. The first-order chi connectivity index (χ1) is 9.19. The summed E-state index contributed by atoms with van der Waals surface area (Å²) in [6, 6.07) is 13.7. The van der Waals surface area contributed by atoms with E-state index in [-0.39, 0.29) is 11.5 Å². The van der Waals surface area contributed by atoms with Crippen LogP contribution < -0.4 is 4.74 Å². The largest absolute Gasteiger partial charge is 0.508 e. The average molecular weight is 254 g/mol. The van der Waals surface area contributed by atoms with E-state index in [9.17, 15) is 9.90 Å². The van der Waals surface area contributed by atoms with Crippen LogP contribution in [0, 0.1) is 0 Å². The Hall–Kier alpha value is -2.55. The molecule has 0 aliphatic heterocycles. The van der Waals surface area contributed by atoms with Gasteiger partial charge in [-0.15, -0.1) is 0 Å². The molecule has 0 saturated carbocycles. The Kier molecular flexibility index (Phi) is 3.98. The standard InChI is InChI=1S/C16H14O3/c1-19-15-8-5-12(6-9-15)7-10-16(18)13-3-2-4-14(17)11-13/h2-11,17H,1H3. The third-order valence-corrected chi connectivity index (χ3v) is 2.67. The zero-order valence-electron chi connectivity index (χ0n) is 10.5. The van der Waals surface area contributed by atoms with Crippen LogP contribution in [0.3, 0.4) is 0 Å². The fourth-order valence-electron chi connectivity index (χ4n) is 1.64. The molecule has 0 bridgehead atoms. The molecular formula is C16H14O3. The molecule has 2 rings (SSSR count). The lowest BCUT2D eigenvalue weighted by atomic mass is 10.1. The molecule has 0 amide bonds. The number of hydrogen-bond donors (Lipinski definition) is 1. The molecule has 19 heavy (non-hydrogen) atoms. The molecule has 2 aromatic carbocycles. The van der Waals surface area contributed by atoms with Crippen LogP contribution in [0.5, 0.6) is 11.5 Å². The number of carbonyl (C=O) groups excluding carboxylic acids is 1. The molecular weight excluding hydrogens is 240 g/mol. The minimum Gasteiger partial charge on any atom is -0.508 e. The molecule has 3 nitrogen and oxygen atoms in total. The summed E-state index contributed by atoms with van der Waals surface area (Å²) in [7, 11) is 1.61. The van der Waals surface area contributed by atoms with Gasteiger partial charge in [0.25, 0.3) is 0 Å². The number of benzene rings is 2. The van der Waals surface area contributed by atoms with Gasteiger partial charge in [0.1, 0.15) is 11.5 Å². The van der Waals surface area contributed by atoms with Crippen LogP contribution in [0.1, 0.15) is 15.9 Å². The fraction of sp³-hybridized carbons (Fsp3) is 0.0625. The van der Waals surface area contributed by atoms with Crippen LogP contribution in [0.15, 0.2) is 54.6 Å². The van der Waals surface area contributed by atoms with Crippen molar-refractivity contribution < 1.29 is 14.6 Å². The molecule has 0 aromatic heterocycles. The maximum Gasteiger partial charge on any atom is 0.185 e. The van der Waals surface area contributed by atoms with Crippen molar-refractivity contribution in [3.05, 3.63) is 65.7 Å². The van der Waals surface area contributed by atoms with Crippen molar-refractivity contribution in [1.82, 2.24) is 0 Å². The van der Waals surface area contributed by atoms with E-state index in [0.717, 1.165) is 11.3 Å². The Labute approximate surface area is 111 Å². The average Bonchev–Trinajstić information content (AvgIpc) is 2.45. The molecule has 2 aromatic rings. The first kappa shape index (κ1) is 12.9. The highest BCUT2D eigenvalue weighted by Gasteiger charge is 2.02. The number of carbonyl (C=O) groups is 1. The molecule has 0 aliphatic rings. The summed E-state index contributed by atoms with van der Waals surface area (Å²) >= 11 is 0. The quantitative estimate of drug-likeness (QED) is 0.672. The highest BCUT2D eigenvalue weighted by molar-refractivity contribution is 6.07. The number of ether oxygens (including phenoxy) is 1. The summed E-state index contributed by atoms with van der Waals surface area (Å²) in [4.78, 5) is 11.9. The van der Waals surface area contributed by atoms with Crippen LogP contribution >= 0.6 is 0 Å². The maximum absolute atomic E-state index is 11.9. The Morgan fingerprint density at radius 1 is 1.16 bits per heavy atom. The Bertz CT molecular complexity index is 598. The second-order valence-electron chi connectivity index (χ2n) is 4.02. The number of rotatable bonds is 4. The van der Waals surface area contributed by atoms with E-state index in [1.165, 1.54) is 18.2 Å². The van der Waals surface area contributed by atoms with E-state index >= 15 is 0 Å². The van der Waals surface area contributed by atoms with Gasteiger partial charge in [-0.05, 0) is 35.9 Å². The van der Waals surface area contributed by atoms with Crippen molar-refractivity contribution in [3.63, 3.8) is 0 Å². The second kappa shape index (κ2) is 5.87. The maximum atomic E-state index is 11.9. The summed E-state index contributed by atoms with van der Waals surface area (Å²) in [5.74, 6) is 0.715. The number of phenols is 1. The predicted octanol–water partition coefficient (Wildman–Crippen LogP) is 3.30. The topological polar surface area (TPSA) is 46.5 Å². The van der Waals surface area contributed by atoms with E-state index in [1.54, 1.807) is 25.3 Å². The normalized spacial score (nSPS) is 10.6. The Morgan fingerprint density at radius 3 is 2.53 bits per heavy atom. The smallest absolute Gasteiger partial charge is 0.185 e. The van der Waals surface area contributed by atoms with Gasteiger partial charge in [0.2, 0.25) is 0 Å². The van der Waals surface area contributed by atoms with E-state index < -0.39 is 0 Å². The monoisotopic (exact) mass is 254 g/mol. The molecule has 0 radical (unpaired) electrons. The number of ketones is 1. The highest BCUT2D eigenvalue weighted by Crippen LogP contribution is 2.14. The van der Waals surface area contributed by atoms with Crippen LogP contribution in [0.2, 0.25) is 0 Å². The minimum absolute atomic E-state index is 0.0868. The van der Waals surface area contributed by atoms with E-state index in [1.807, 2.05) is 24.3 Å². The number of methoxy groups -OCH3 is 1. The van der Waals surface area contributed by atoms with Crippen LogP contribution in [-0.2, 0) is 0 Å². The van der Waals surface area contributed by atoms with Gasteiger partial charge in [-0.3, -0.25) is 4.79 Å². The van der Waals surface area contributed by atoms with E-state index in [4.69, 9.17) is 4.74 Å². The van der Waals surface area contributed by atoms with Crippen molar-refractivity contribution in [2.75, 3.05) is 7.11 Å². The highest BCUT2D eigenvalue weighted by atomic mass is 16.5. The molecule has 0 aliphatic carbocycles. The van der Waals surface area contributed by atoms with Gasteiger partial charge in [0.15, 0.2) is 5.78 Å². The van der Waals surface area contributed by atoms with Crippen molar-refractivity contribution in [2.45, 2.75) is 0 Å². The molecule has 0 unspecified atom stereocenters. The molecule has 0 atom stereocenters. The van der Waals surface area contributed by atoms with Gasteiger partial charge >= 0.3 is 0 Å². The molecule has 0 fully saturated rings. The van der Waals surface area contributed by atoms with Gasteiger partial charge in [-0.2, -0.15) is 0 Å². The molecule has 0 spiro atoms. The first-order valence-corrected chi connectivity index (χ1v) is 5.84. The summed E-state index contributed by atoms with van der Waals surface area (Å²) in [5, 5.41) is 9.31. The van der Waals surface area contributed by atoms with Crippen LogP contribution in [-0.4, -0.2) is 18.0 Å². The van der Waals surface area contributed by atoms with Crippen LogP contribution in [0.4, 0.5) is 0 Å². The molecule has 96 valence electrons. The van der Waals surface area contributed by atoms with Crippen molar-refractivity contribution in [2.24, 2.45) is 0 Å². The van der Waals surface area contributed by atoms with Crippen molar-refractivity contribution in [3.8, 4) is 11.5 Å². The summed E-state index contributed by atoms with van der Waals surface area (Å²) in [6.07, 6.45) is 3.21. The predicted molar refractivity (Wildman–Crippen MR) is 74.5 cm³/mol. The third kappa shape index (κ3) is 3.45. The summed E-state index contributed by atoms with van der Waals surface area (Å²) in [5.41, 5.74) is 1.37. The van der Waals surface area contributed by atoms with Gasteiger partial charge in [-0.25, -0.2) is 0 Å². The van der Waals surface area contributed by atoms with Gasteiger partial charge in [0, 0.05) is 5.56 Å². The number of hydrogen-bond acceptors (Lipinski definition) is 3. The Balaban J connectivity index is 2.11. The molecule has 0 saturated heterocycles. The lowest BCUT2D eigenvalue weighted by molar-refractivity contribution is 0.104. The number of allylic oxidation sites excluding steroid dienone is 1. The lowest BCUT2D eigenvalue weighted by Crippen LogP contribution is -1.93. The fourth-order valence-corrected chi connectivity index (χ4v) is 1.64. The van der Waals surface area contributed by atoms with Crippen molar-refractivity contribution in [1.29, 1.82) is 0 Å². The van der Waals surface area contributed by atoms with E-state index in [0.29, 0.717) is 5.56 Å². The number of phenolic OH excluding ortho intramolecular Hbond substituents is 1. The number of aromatic hydroxyl groups is 1. The first-order valence-electron chi connectivity index (χ1n) is 5.84. The Morgan fingerprint density at radius 2 is 1.89 bits per heavy atom. The lowest BCUT2D eigenvalue weighted by Gasteiger charge is -1.99. The van der Waals surface area contributed by atoms with Gasteiger partial charge in [0.05, 0.1) is 7.11 Å². The molecule has 0 heterocycles. The second-order valence-corrected chi connectivity index (χ2v) is 4.02. The molecule has 3 heteroatoms. The SMILES string of the molecule is COc1ccc(C=CC(=O)c2cccc(O)c2)cc1. The summed E-state index contributed by atoms with van der Waals surface area (Å²) in [6.45, 7) is 0. The van der Waals surface area contributed by atoms with Crippen molar-refractivity contribution >= 4 is 11.9 Å². The van der Waals surface area contributed by atoms with E-state index in [2.05, 4.69) is 0 Å². The zero-order valence-corrected chi connectivity index (χ0v) is 10.5. The molecule has 1 N–H and O–H groups in total. The minimum atomic E-state index is -0.147. The van der Waals surface area contributed by atoms with Gasteiger partial charge in [-0.1, -0.05) is 30.3 Å². The van der Waals surface area contributed by atoms with Gasteiger partial charge < -0.3 is 9.84 Å². The third-order valence-electron chi connectivity index (χ3n) is 2.67. The van der Waals surface area contributed by atoms with Crippen LogP contribution in [0.25, 0.3) is 6.08 Å². The summed E-state index contributed by atoms with van der Waals surface area (Å²) < 4.78 is 5.06.